The summed E-state index contributed by atoms with van der Waals surface area (Å²) in [6.45, 7) is 3.96. The SMILES string of the molecule is CC(=O)N1c2ccc(-c3ccc(CS(N)(=O)=O)cc3)cc2N(C(=O)C2CC2)CC1C. The van der Waals surface area contributed by atoms with Crippen LogP contribution in [0, 0.1) is 5.92 Å². The highest BCUT2D eigenvalue weighted by molar-refractivity contribution is 7.88. The second-order valence-corrected chi connectivity index (χ2v) is 9.78. The molecule has 0 saturated heterocycles. The van der Waals surface area contributed by atoms with Gasteiger partial charge in [0.15, 0.2) is 0 Å². The molecule has 30 heavy (non-hydrogen) atoms. The minimum Gasteiger partial charge on any atom is -0.308 e. The van der Waals surface area contributed by atoms with Gasteiger partial charge in [0.25, 0.3) is 0 Å². The summed E-state index contributed by atoms with van der Waals surface area (Å²) in [4.78, 5) is 28.7. The first-order chi connectivity index (χ1) is 14.1. The number of nitrogens with zero attached hydrogens (tertiary/aromatic N) is 2. The van der Waals surface area contributed by atoms with Crippen molar-refractivity contribution in [1.29, 1.82) is 0 Å². The molecule has 1 aliphatic heterocycles. The highest BCUT2D eigenvalue weighted by Crippen LogP contribution is 2.42. The third-order valence-electron chi connectivity index (χ3n) is 5.60. The summed E-state index contributed by atoms with van der Waals surface area (Å²) < 4.78 is 22.6. The number of carbonyl (C=O) groups excluding carboxylic acids is 2. The fraction of sp³-hybridized carbons (Fsp3) is 0.364. The lowest BCUT2D eigenvalue weighted by Gasteiger charge is -2.41. The molecule has 1 atom stereocenters. The molecule has 1 heterocycles. The lowest BCUT2D eigenvalue weighted by molar-refractivity contribution is -0.120. The third-order valence-corrected chi connectivity index (χ3v) is 6.34. The van der Waals surface area contributed by atoms with Crippen molar-refractivity contribution < 1.29 is 18.0 Å². The normalized spacial score (nSPS) is 18.8. The van der Waals surface area contributed by atoms with Crippen LogP contribution in [0.1, 0.15) is 32.3 Å². The van der Waals surface area contributed by atoms with Crippen LogP contribution in [0.2, 0.25) is 0 Å². The lowest BCUT2D eigenvalue weighted by atomic mass is 9.99. The maximum Gasteiger partial charge on any atom is 0.230 e. The van der Waals surface area contributed by atoms with E-state index in [0.717, 1.165) is 35.3 Å². The Labute approximate surface area is 176 Å². The number of carbonyl (C=O) groups is 2. The zero-order valence-electron chi connectivity index (χ0n) is 17.0. The van der Waals surface area contributed by atoms with Gasteiger partial charge >= 0.3 is 0 Å². The van der Waals surface area contributed by atoms with Gasteiger partial charge < -0.3 is 9.80 Å². The summed E-state index contributed by atoms with van der Waals surface area (Å²) in [7, 11) is -3.59. The number of sulfonamides is 1. The van der Waals surface area contributed by atoms with Gasteiger partial charge in [0.2, 0.25) is 21.8 Å². The number of anilines is 2. The van der Waals surface area contributed by atoms with Gasteiger partial charge in [-0.1, -0.05) is 30.3 Å². The van der Waals surface area contributed by atoms with Gasteiger partial charge in [-0.05, 0) is 48.6 Å². The summed E-state index contributed by atoms with van der Waals surface area (Å²) in [5.74, 6) is -0.0727. The van der Waals surface area contributed by atoms with E-state index in [4.69, 9.17) is 5.14 Å². The number of primary sulfonamides is 1. The van der Waals surface area contributed by atoms with E-state index in [1.807, 2.05) is 42.2 Å². The fourth-order valence-corrected chi connectivity index (χ4v) is 4.73. The minimum absolute atomic E-state index is 0.0534. The van der Waals surface area contributed by atoms with Crippen LogP contribution in [-0.2, 0) is 25.4 Å². The Bertz CT molecular complexity index is 1110. The van der Waals surface area contributed by atoms with Crippen LogP contribution in [0.4, 0.5) is 11.4 Å². The Morgan fingerprint density at radius 1 is 1.03 bits per heavy atom. The predicted molar refractivity (Wildman–Crippen MR) is 116 cm³/mol. The van der Waals surface area contributed by atoms with E-state index < -0.39 is 10.0 Å². The van der Waals surface area contributed by atoms with Crippen LogP contribution < -0.4 is 14.9 Å². The van der Waals surface area contributed by atoms with Gasteiger partial charge in [0.05, 0.1) is 23.2 Å². The van der Waals surface area contributed by atoms with Crippen LogP contribution >= 0.6 is 0 Å². The largest absolute Gasteiger partial charge is 0.308 e. The molecule has 4 rings (SSSR count). The molecular weight excluding hydrogens is 402 g/mol. The van der Waals surface area contributed by atoms with Crippen LogP contribution in [0.5, 0.6) is 0 Å². The van der Waals surface area contributed by atoms with E-state index in [2.05, 4.69) is 0 Å². The maximum atomic E-state index is 12.9. The zero-order valence-corrected chi connectivity index (χ0v) is 17.9. The number of amides is 2. The van der Waals surface area contributed by atoms with Gasteiger partial charge in [0.1, 0.15) is 0 Å². The van der Waals surface area contributed by atoms with Crippen LogP contribution in [0.3, 0.4) is 0 Å². The Balaban J connectivity index is 1.73. The van der Waals surface area contributed by atoms with Crippen molar-refractivity contribution in [2.45, 2.75) is 38.5 Å². The van der Waals surface area contributed by atoms with Crippen molar-refractivity contribution in [1.82, 2.24) is 0 Å². The number of rotatable bonds is 4. The second kappa shape index (κ2) is 7.52. The molecule has 158 valence electrons. The Kier molecular flexibility index (Phi) is 5.15. The first-order valence-electron chi connectivity index (χ1n) is 9.99. The van der Waals surface area contributed by atoms with Gasteiger partial charge in [-0.2, -0.15) is 0 Å². The molecule has 1 aliphatic carbocycles. The summed E-state index contributed by atoms with van der Waals surface area (Å²) in [5, 5.41) is 5.12. The van der Waals surface area contributed by atoms with E-state index in [1.54, 1.807) is 17.0 Å². The monoisotopic (exact) mass is 427 g/mol. The van der Waals surface area contributed by atoms with Crippen LogP contribution in [0.25, 0.3) is 11.1 Å². The summed E-state index contributed by atoms with van der Waals surface area (Å²) >= 11 is 0. The van der Waals surface area contributed by atoms with Crippen molar-refractivity contribution in [3.8, 4) is 11.1 Å². The molecular formula is C22H25N3O4S. The summed E-state index contributed by atoms with van der Waals surface area (Å²) in [5.41, 5.74) is 3.88. The molecule has 2 aromatic rings. The minimum atomic E-state index is -3.59. The smallest absolute Gasteiger partial charge is 0.230 e. The van der Waals surface area contributed by atoms with Crippen molar-refractivity contribution in [3.63, 3.8) is 0 Å². The number of hydrogen-bond acceptors (Lipinski definition) is 4. The number of nitrogens with two attached hydrogens (primary N) is 1. The predicted octanol–water partition coefficient (Wildman–Crippen LogP) is 2.64. The second-order valence-electron chi connectivity index (χ2n) is 8.17. The average molecular weight is 428 g/mol. The molecule has 2 amide bonds. The van der Waals surface area contributed by atoms with Gasteiger partial charge in [-0.3, -0.25) is 9.59 Å². The van der Waals surface area contributed by atoms with Crippen LogP contribution in [-0.4, -0.2) is 32.8 Å². The van der Waals surface area contributed by atoms with Crippen molar-refractivity contribution in [2.75, 3.05) is 16.3 Å². The molecule has 1 fully saturated rings. The maximum absolute atomic E-state index is 12.9. The molecule has 2 N–H and O–H groups in total. The van der Waals surface area contributed by atoms with E-state index in [9.17, 15) is 18.0 Å². The Hall–Kier alpha value is -2.71. The molecule has 0 aromatic heterocycles. The first-order valence-corrected chi connectivity index (χ1v) is 11.7. The fourth-order valence-electron chi connectivity index (χ4n) is 4.07. The zero-order chi connectivity index (χ0) is 21.6. The molecule has 1 unspecified atom stereocenters. The average Bonchev–Trinajstić information content (AvgIpc) is 3.51. The summed E-state index contributed by atoms with van der Waals surface area (Å²) in [6.07, 6.45) is 1.83. The van der Waals surface area contributed by atoms with E-state index in [-0.39, 0.29) is 29.5 Å². The standard InChI is InChI=1S/C22H25N3O4S/c1-14-12-24(22(27)18-7-8-18)21-11-19(9-10-20(21)25(14)15(2)26)17-5-3-16(4-6-17)13-30(23,28)29/h3-6,9-11,14,18H,7-8,12-13H2,1-2H3,(H2,23,28,29). The Morgan fingerprint density at radius 3 is 2.23 bits per heavy atom. The van der Waals surface area contributed by atoms with Gasteiger partial charge in [0, 0.05) is 19.4 Å². The highest BCUT2D eigenvalue weighted by Gasteiger charge is 2.39. The third kappa shape index (κ3) is 4.11. The molecule has 0 bridgehead atoms. The molecule has 0 radical (unpaired) electrons. The number of fused-ring (bicyclic) bond motifs is 1. The lowest BCUT2D eigenvalue weighted by Crippen LogP contribution is -2.51. The number of benzene rings is 2. The first kappa shape index (κ1) is 20.6. The molecule has 2 aromatic carbocycles. The summed E-state index contributed by atoms with van der Waals surface area (Å²) in [6, 6.07) is 12.8. The van der Waals surface area contributed by atoms with E-state index in [1.165, 1.54) is 6.92 Å². The van der Waals surface area contributed by atoms with Gasteiger partial charge in [-0.15, -0.1) is 0 Å². The number of hydrogen-bond donors (Lipinski definition) is 1. The van der Waals surface area contributed by atoms with E-state index >= 15 is 0 Å². The molecule has 0 spiro atoms. The van der Waals surface area contributed by atoms with Crippen molar-refractivity contribution in [3.05, 3.63) is 48.0 Å². The molecule has 8 heteroatoms. The van der Waals surface area contributed by atoms with Crippen LogP contribution in [0.15, 0.2) is 42.5 Å². The molecule has 2 aliphatic rings. The highest BCUT2D eigenvalue weighted by atomic mass is 32.2. The van der Waals surface area contributed by atoms with Crippen molar-refractivity contribution >= 4 is 33.2 Å². The topological polar surface area (TPSA) is 101 Å². The molecule has 1 saturated carbocycles. The quantitative estimate of drug-likeness (QED) is 0.810. The van der Waals surface area contributed by atoms with E-state index in [0.29, 0.717) is 12.1 Å². The van der Waals surface area contributed by atoms with Crippen molar-refractivity contribution in [2.24, 2.45) is 11.1 Å². The Morgan fingerprint density at radius 2 is 1.67 bits per heavy atom. The molecule has 7 nitrogen and oxygen atoms in total. The van der Waals surface area contributed by atoms with Gasteiger partial charge in [-0.25, -0.2) is 13.6 Å².